The number of imide groups is 1. The highest BCUT2D eigenvalue weighted by Crippen LogP contribution is 2.29. The number of hydrogen-bond acceptors (Lipinski definition) is 4. The molecule has 2 aliphatic rings. The van der Waals surface area contributed by atoms with Crippen molar-refractivity contribution >= 4 is 17.5 Å². The van der Waals surface area contributed by atoms with Crippen LogP contribution in [-0.2, 0) is 9.59 Å². The predicted molar refractivity (Wildman–Crippen MR) is 111 cm³/mol. The van der Waals surface area contributed by atoms with Crippen molar-refractivity contribution in [2.45, 2.75) is 19.3 Å². The van der Waals surface area contributed by atoms with E-state index in [0.717, 1.165) is 43.2 Å². The Kier molecular flexibility index (Phi) is 5.81. The standard InChI is InChI=1S/C23H27N3O3/c1-2-29-21-11-7-6-10-20(21)25-14-12-24(13-15-25)17-26-22(27)16-19(23(26)28)18-8-4-3-5-9-18/h3-11,19H,2,12-17H2,1H3/p+1/t19-/m0/s1. The van der Waals surface area contributed by atoms with E-state index in [1.165, 1.54) is 9.80 Å². The summed E-state index contributed by atoms with van der Waals surface area (Å²) in [7, 11) is 0. The van der Waals surface area contributed by atoms with Gasteiger partial charge in [-0.05, 0) is 24.6 Å². The molecule has 4 rings (SSSR count). The maximum atomic E-state index is 12.9. The average molecular weight is 394 g/mol. The van der Waals surface area contributed by atoms with Crippen LogP contribution in [0.25, 0.3) is 0 Å². The minimum Gasteiger partial charge on any atom is -0.492 e. The molecule has 2 saturated heterocycles. The summed E-state index contributed by atoms with van der Waals surface area (Å²) in [5.41, 5.74) is 2.05. The number of para-hydroxylation sites is 2. The summed E-state index contributed by atoms with van der Waals surface area (Å²) < 4.78 is 5.76. The number of likely N-dealkylation sites (tertiary alicyclic amines) is 1. The summed E-state index contributed by atoms with van der Waals surface area (Å²) in [6, 6.07) is 17.7. The van der Waals surface area contributed by atoms with Gasteiger partial charge < -0.3 is 14.5 Å². The molecule has 0 saturated carbocycles. The highest BCUT2D eigenvalue weighted by molar-refractivity contribution is 6.06. The zero-order valence-corrected chi connectivity index (χ0v) is 16.8. The lowest BCUT2D eigenvalue weighted by Crippen LogP contribution is -3.16. The SMILES string of the molecule is CCOc1ccccc1N1CC[NH+](CN2C(=O)C[C@@H](c3ccccc3)C2=O)CC1. The van der Waals surface area contributed by atoms with E-state index >= 15 is 0 Å². The number of anilines is 1. The lowest BCUT2D eigenvalue weighted by molar-refractivity contribution is -0.907. The van der Waals surface area contributed by atoms with Gasteiger partial charge in [0.25, 0.3) is 0 Å². The average Bonchev–Trinajstić information content (AvgIpc) is 3.04. The van der Waals surface area contributed by atoms with Gasteiger partial charge in [-0.1, -0.05) is 42.5 Å². The van der Waals surface area contributed by atoms with Gasteiger partial charge in [0.1, 0.15) is 5.75 Å². The lowest BCUT2D eigenvalue weighted by atomic mass is 9.98. The van der Waals surface area contributed by atoms with Crippen molar-refractivity contribution < 1.29 is 19.2 Å². The molecular formula is C23H28N3O3+. The molecule has 2 heterocycles. The molecule has 0 radical (unpaired) electrons. The molecule has 0 aliphatic carbocycles. The second-order valence-electron chi connectivity index (χ2n) is 7.62. The molecule has 29 heavy (non-hydrogen) atoms. The third-order valence-electron chi connectivity index (χ3n) is 5.80. The van der Waals surface area contributed by atoms with Gasteiger partial charge >= 0.3 is 0 Å². The fourth-order valence-electron chi connectivity index (χ4n) is 4.24. The van der Waals surface area contributed by atoms with E-state index in [4.69, 9.17) is 4.74 Å². The summed E-state index contributed by atoms with van der Waals surface area (Å²) in [6.45, 7) is 6.61. The molecule has 1 atom stereocenters. The normalized spacial score (nSPS) is 20.4. The fourth-order valence-corrected chi connectivity index (χ4v) is 4.24. The summed E-state index contributed by atoms with van der Waals surface area (Å²) in [6.07, 6.45) is 0.282. The van der Waals surface area contributed by atoms with Gasteiger partial charge in [-0.15, -0.1) is 0 Å². The number of quaternary nitrogens is 1. The molecule has 6 heteroatoms. The quantitative estimate of drug-likeness (QED) is 0.751. The van der Waals surface area contributed by atoms with Gasteiger partial charge in [-0.25, -0.2) is 4.90 Å². The van der Waals surface area contributed by atoms with E-state index in [1.54, 1.807) is 0 Å². The summed E-state index contributed by atoms with van der Waals surface area (Å²) in [5, 5.41) is 0. The molecule has 2 amide bonds. The highest BCUT2D eigenvalue weighted by Gasteiger charge is 2.41. The summed E-state index contributed by atoms with van der Waals surface area (Å²) in [5.74, 6) is 0.467. The van der Waals surface area contributed by atoms with Gasteiger partial charge in [-0.2, -0.15) is 0 Å². The van der Waals surface area contributed by atoms with Crippen LogP contribution in [0.3, 0.4) is 0 Å². The van der Waals surface area contributed by atoms with Crippen molar-refractivity contribution in [3.8, 4) is 5.75 Å². The van der Waals surface area contributed by atoms with Crippen LogP contribution in [0.15, 0.2) is 54.6 Å². The van der Waals surface area contributed by atoms with E-state index in [9.17, 15) is 9.59 Å². The molecule has 152 valence electrons. The number of amides is 2. The monoisotopic (exact) mass is 394 g/mol. The molecular weight excluding hydrogens is 366 g/mol. The third-order valence-corrected chi connectivity index (χ3v) is 5.80. The zero-order chi connectivity index (χ0) is 20.2. The fraction of sp³-hybridized carbons (Fsp3) is 0.391. The van der Waals surface area contributed by atoms with Gasteiger partial charge in [0.05, 0.1) is 44.4 Å². The van der Waals surface area contributed by atoms with Crippen molar-refractivity contribution in [3.05, 3.63) is 60.2 Å². The zero-order valence-electron chi connectivity index (χ0n) is 16.8. The number of hydrogen-bond donors (Lipinski definition) is 1. The van der Waals surface area contributed by atoms with E-state index in [1.807, 2.05) is 55.5 Å². The van der Waals surface area contributed by atoms with E-state index in [-0.39, 0.29) is 24.2 Å². The largest absolute Gasteiger partial charge is 0.492 e. The van der Waals surface area contributed by atoms with Crippen LogP contribution in [0.5, 0.6) is 5.75 Å². The third kappa shape index (κ3) is 4.12. The Morgan fingerprint density at radius 1 is 1.00 bits per heavy atom. The van der Waals surface area contributed by atoms with Crippen LogP contribution >= 0.6 is 0 Å². The van der Waals surface area contributed by atoms with Crippen LogP contribution in [0.1, 0.15) is 24.8 Å². The smallest absolute Gasteiger partial charge is 0.241 e. The Hall–Kier alpha value is -2.86. The Morgan fingerprint density at radius 3 is 2.41 bits per heavy atom. The molecule has 0 unspecified atom stereocenters. The second-order valence-corrected chi connectivity index (χ2v) is 7.62. The first-order valence-corrected chi connectivity index (χ1v) is 10.4. The van der Waals surface area contributed by atoms with E-state index in [0.29, 0.717) is 13.3 Å². The molecule has 2 fully saturated rings. The Balaban J connectivity index is 1.36. The van der Waals surface area contributed by atoms with Crippen LogP contribution in [-0.4, -0.2) is 56.2 Å². The minimum atomic E-state index is -0.331. The number of nitrogens with one attached hydrogen (secondary N) is 1. The van der Waals surface area contributed by atoms with Crippen molar-refractivity contribution in [2.24, 2.45) is 0 Å². The van der Waals surface area contributed by atoms with Crippen LogP contribution in [0.4, 0.5) is 5.69 Å². The number of nitrogens with zero attached hydrogens (tertiary/aromatic N) is 2. The first-order valence-electron chi connectivity index (χ1n) is 10.4. The Bertz CT molecular complexity index is 863. The van der Waals surface area contributed by atoms with Crippen LogP contribution in [0.2, 0.25) is 0 Å². The number of carbonyl (C=O) groups is 2. The van der Waals surface area contributed by atoms with Gasteiger partial charge in [0.15, 0.2) is 6.67 Å². The molecule has 2 aromatic carbocycles. The second kappa shape index (κ2) is 8.66. The molecule has 0 aromatic heterocycles. The maximum Gasteiger partial charge on any atom is 0.241 e. The van der Waals surface area contributed by atoms with E-state index in [2.05, 4.69) is 11.0 Å². The minimum absolute atomic E-state index is 0.0551. The number of rotatable bonds is 6. The molecule has 2 aliphatic heterocycles. The van der Waals surface area contributed by atoms with Crippen LogP contribution in [0, 0.1) is 0 Å². The molecule has 6 nitrogen and oxygen atoms in total. The van der Waals surface area contributed by atoms with Crippen molar-refractivity contribution in [1.29, 1.82) is 0 Å². The lowest BCUT2D eigenvalue weighted by Gasteiger charge is -2.35. The first kappa shape index (κ1) is 19.5. The van der Waals surface area contributed by atoms with E-state index < -0.39 is 0 Å². The van der Waals surface area contributed by atoms with Gasteiger partial charge in [-0.3, -0.25) is 9.59 Å². The topological polar surface area (TPSA) is 54.3 Å². The number of ether oxygens (including phenoxy) is 1. The van der Waals surface area contributed by atoms with Crippen molar-refractivity contribution in [2.75, 3.05) is 44.4 Å². The molecule has 0 bridgehead atoms. The highest BCUT2D eigenvalue weighted by atomic mass is 16.5. The maximum absolute atomic E-state index is 12.9. The number of piperazine rings is 1. The molecule has 1 N–H and O–H groups in total. The predicted octanol–water partition coefficient (Wildman–Crippen LogP) is 1.29. The Morgan fingerprint density at radius 2 is 1.69 bits per heavy atom. The number of carbonyl (C=O) groups excluding carboxylic acids is 2. The summed E-state index contributed by atoms with van der Waals surface area (Å²) >= 11 is 0. The molecule has 0 spiro atoms. The number of benzene rings is 2. The van der Waals surface area contributed by atoms with Crippen molar-refractivity contribution in [1.82, 2.24) is 4.90 Å². The van der Waals surface area contributed by atoms with Crippen LogP contribution < -0.4 is 14.5 Å². The summed E-state index contributed by atoms with van der Waals surface area (Å²) in [4.78, 5) is 30.4. The Labute approximate surface area is 171 Å². The van der Waals surface area contributed by atoms with Gasteiger partial charge in [0, 0.05) is 6.42 Å². The van der Waals surface area contributed by atoms with Crippen molar-refractivity contribution in [3.63, 3.8) is 0 Å². The van der Waals surface area contributed by atoms with Gasteiger partial charge in [0.2, 0.25) is 11.8 Å². The first-order chi connectivity index (χ1) is 14.2. The molecule has 2 aromatic rings.